The summed E-state index contributed by atoms with van der Waals surface area (Å²) in [5.74, 6) is 0.781. The number of aromatic amines is 1. The highest BCUT2D eigenvalue weighted by molar-refractivity contribution is 8.00. The number of rotatable bonds is 3. The van der Waals surface area contributed by atoms with Gasteiger partial charge < -0.3 is 4.98 Å². The SMILES string of the molecule is Cc1cc2c(SC(C)C)nc(-c3ccccc3)nc2[nH]1. The van der Waals surface area contributed by atoms with Gasteiger partial charge in [0.05, 0.1) is 5.39 Å². The van der Waals surface area contributed by atoms with E-state index in [1.165, 1.54) is 0 Å². The minimum Gasteiger partial charge on any atom is -0.343 e. The number of benzene rings is 1. The second-order valence-corrected chi connectivity index (χ2v) is 6.66. The number of fused-ring (bicyclic) bond motifs is 1. The van der Waals surface area contributed by atoms with Gasteiger partial charge in [0.25, 0.3) is 0 Å². The number of hydrogen-bond acceptors (Lipinski definition) is 3. The van der Waals surface area contributed by atoms with Gasteiger partial charge in [0.1, 0.15) is 10.7 Å². The van der Waals surface area contributed by atoms with Crippen molar-refractivity contribution in [2.45, 2.75) is 31.0 Å². The van der Waals surface area contributed by atoms with E-state index in [2.05, 4.69) is 29.9 Å². The van der Waals surface area contributed by atoms with Crippen LogP contribution in [0.2, 0.25) is 0 Å². The van der Waals surface area contributed by atoms with Crippen LogP contribution in [0.25, 0.3) is 22.4 Å². The second kappa shape index (κ2) is 5.29. The molecule has 0 atom stereocenters. The summed E-state index contributed by atoms with van der Waals surface area (Å²) in [5, 5.41) is 2.65. The molecule has 4 heteroatoms. The van der Waals surface area contributed by atoms with E-state index < -0.39 is 0 Å². The van der Waals surface area contributed by atoms with Crippen molar-refractivity contribution in [2.75, 3.05) is 0 Å². The summed E-state index contributed by atoms with van der Waals surface area (Å²) in [5.41, 5.74) is 3.08. The predicted octanol–water partition coefficient (Wildman–Crippen LogP) is 4.43. The molecule has 3 aromatic rings. The molecule has 0 unspecified atom stereocenters. The van der Waals surface area contributed by atoms with Crippen LogP contribution in [-0.2, 0) is 0 Å². The van der Waals surface area contributed by atoms with Crippen molar-refractivity contribution >= 4 is 22.8 Å². The molecule has 0 bridgehead atoms. The first kappa shape index (κ1) is 13.2. The normalized spacial score (nSPS) is 11.4. The fourth-order valence-corrected chi connectivity index (χ4v) is 3.01. The average Bonchev–Trinajstić information content (AvgIpc) is 2.80. The Balaban J connectivity index is 2.19. The lowest BCUT2D eigenvalue weighted by atomic mass is 10.2. The molecule has 0 aliphatic rings. The molecular formula is C16H17N3S. The molecule has 3 nitrogen and oxygen atoms in total. The summed E-state index contributed by atoms with van der Waals surface area (Å²) < 4.78 is 0. The van der Waals surface area contributed by atoms with Gasteiger partial charge in [0.15, 0.2) is 5.82 Å². The number of thioether (sulfide) groups is 1. The molecule has 0 spiro atoms. The van der Waals surface area contributed by atoms with Crippen LogP contribution < -0.4 is 0 Å². The molecule has 0 fully saturated rings. The molecule has 0 aliphatic carbocycles. The fourth-order valence-electron chi connectivity index (χ4n) is 2.14. The van der Waals surface area contributed by atoms with Crippen LogP contribution in [-0.4, -0.2) is 20.2 Å². The zero-order valence-electron chi connectivity index (χ0n) is 11.8. The molecule has 0 aliphatic heterocycles. The molecule has 102 valence electrons. The topological polar surface area (TPSA) is 41.6 Å². The molecule has 2 aromatic heterocycles. The number of aromatic nitrogens is 3. The highest BCUT2D eigenvalue weighted by Crippen LogP contribution is 2.31. The number of hydrogen-bond donors (Lipinski definition) is 1. The van der Waals surface area contributed by atoms with Crippen molar-refractivity contribution in [3.8, 4) is 11.4 Å². The molecule has 0 saturated heterocycles. The van der Waals surface area contributed by atoms with Crippen LogP contribution in [0.3, 0.4) is 0 Å². The van der Waals surface area contributed by atoms with Gasteiger partial charge in [-0.15, -0.1) is 11.8 Å². The molecule has 0 saturated carbocycles. The summed E-state index contributed by atoms with van der Waals surface area (Å²) >= 11 is 1.78. The van der Waals surface area contributed by atoms with E-state index >= 15 is 0 Å². The van der Waals surface area contributed by atoms with Gasteiger partial charge >= 0.3 is 0 Å². The Morgan fingerprint density at radius 3 is 2.55 bits per heavy atom. The van der Waals surface area contributed by atoms with E-state index in [4.69, 9.17) is 4.98 Å². The Bertz CT molecular complexity index is 732. The van der Waals surface area contributed by atoms with E-state index in [9.17, 15) is 0 Å². The monoisotopic (exact) mass is 283 g/mol. The first-order valence-corrected chi connectivity index (χ1v) is 7.61. The Hall–Kier alpha value is -1.81. The molecule has 20 heavy (non-hydrogen) atoms. The Labute approximate surface area is 122 Å². The van der Waals surface area contributed by atoms with Crippen molar-refractivity contribution < 1.29 is 0 Å². The van der Waals surface area contributed by atoms with Gasteiger partial charge in [-0.3, -0.25) is 0 Å². The third-order valence-corrected chi connectivity index (χ3v) is 3.97. The van der Waals surface area contributed by atoms with Crippen molar-refractivity contribution in [2.24, 2.45) is 0 Å². The Morgan fingerprint density at radius 1 is 1.10 bits per heavy atom. The van der Waals surface area contributed by atoms with E-state index in [1.54, 1.807) is 11.8 Å². The van der Waals surface area contributed by atoms with Crippen molar-refractivity contribution in [1.82, 2.24) is 15.0 Å². The average molecular weight is 283 g/mol. The quantitative estimate of drug-likeness (QED) is 0.571. The van der Waals surface area contributed by atoms with Crippen LogP contribution in [0.15, 0.2) is 41.4 Å². The van der Waals surface area contributed by atoms with Crippen LogP contribution in [0.5, 0.6) is 0 Å². The summed E-state index contributed by atoms with van der Waals surface area (Å²) in [6.45, 7) is 6.41. The minimum atomic E-state index is 0.493. The molecule has 1 aromatic carbocycles. The first-order valence-electron chi connectivity index (χ1n) is 6.73. The lowest BCUT2D eigenvalue weighted by molar-refractivity contribution is 1.07. The lowest BCUT2D eigenvalue weighted by Gasteiger charge is -2.07. The van der Waals surface area contributed by atoms with E-state index in [-0.39, 0.29) is 0 Å². The molecule has 0 radical (unpaired) electrons. The first-order chi connectivity index (χ1) is 9.63. The highest BCUT2D eigenvalue weighted by Gasteiger charge is 2.12. The largest absolute Gasteiger partial charge is 0.343 e. The van der Waals surface area contributed by atoms with Gasteiger partial charge in [-0.05, 0) is 13.0 Å². The third kappa shape index (κ3) is 2.56. The van der Waals surface area contributed by atoms with Gasteiger partial charge in [-0.25, -0.2) is 9.97 Å². The zero-order chi connectivity index (χ0) is 14.1. The molecule has 2 heterocycles. The van der Waals surface area contributed by atoms with Crippen LogP contribution in [0, 0.1) is 6.92 Å². The van der Waals surface area contributed by atoms with Crippen LogP contribution in [0.1, 0.15) is 19.5 Å². The third-order valence-electron chi connectivity index (χ3n) is 2.97. The Kier molecular flexibility index (Phi) is 3.49. The highest BCUT2D eigenvalue weighted by atomic mass is 32.2. The number of nitrogens with zero attached hydrogens (tertiary/aromatic N) is 2. The number of nitrogens with one attached hydrogen (secondary N) is 1. The van der Waals surface area contributed by atoms with E-state index in [0.29, 0.717) is 5.25 Å². The van der Waals surface area contributed by atoms with Crippen LogP contribution in [0.4, 0.5) is 0 Å². The summed E-state index contributed by atoms with van der Waals surface area (Å²) in [6.07, 6.45) is 0. The molecule has 3 rings (SSSR count). The second-order valence-electron chi connectivity index (χ2n) is 5.10. The van der Waals surface area contributed by atoms with Gasteiger partial charge in [-0.2, -0.15) is 0 Å². The molecule has 0 amide bonds. The van der Waals surface area contributed by atoms with Crippen molar-refractivity contribution in [1.29, 1.82) is 0 Å². The number of aryl methyl sites for hydroxylation is 1. The van der Waals surface area contributed by atoms with E-state index in [1.807, 2.05) is 37.3 Å². The van der Waals surface area contributed by atoms with Gasteiger partial charge in [0.2, 0.25) is 0 Å². The van der Waals surface area contributed by atoms with Crippen molar-refractivity contribution in [3.05, 3.63) is 42.1 Å². The minimum absolute atomic E-state index is 0.493. The standard InChI is InChI=1S/C16H17N3S/c1-10(2)20-16-13-9-11(3)17-15(13)18-14(19-16)12-7-5-4-6-8-12/h4-10H,1-3H3,(H,17,18,19). The fraction of sp³-hybridized carbons (Fsp3) is 0.250. The Morgan fingerprint density at radius 2 is 1.85 bits per heavy atom. The zero-order valence-corrected chi connectivity index (χ0v) is 12.7. The van der Waals surface area contributed by atoms with Gasteiger partial charge in [0, 0.05) is 16.5 Å². The smallest absolute Gasteiger partial charge is 0.162 e. The lowest BCUT2D eigenvalue weighted by Crippen LogP contribution is -1.95. The summed E-state index contributed by atoms with van der Waals surface area (Å²) in [4.78, 5) is 12.7. The van der Waals surface area contributed by atoms with Crippen molar-refractivity contribution in [3.63, 3.8) is 0 Å². The molecular weight excluding hydrogens is 266 g/mol. The van der Waals surface area contributed by atoms with Crippen LogP contribution >= 0.6 is 11.8 Å². The van der Waals surface area contributed by atoms with Gasteiger partial charge in [-0.1, -0.05) is 44.2 Å². The molecule has 1 N–H and O–H groups in total. The number of H-pyrrole nitrogens is 1. The maximum absolute atomic E-state index is 4.76. The predicted molar refractivity (Wildman–Crippen MR) is 85.1 cm³/mol. The summed E-state index contributed by atoms with van der Waals surface area (Å²) in [6, 6.07) is 12.2. The maximum atomic E-state index is 4.76. The maximum Gasteiger partial charge on any atom is 0.162 e. The summed E-state index contributed by atoms with van der Waals surface area (Å²) in [7, 11) is 0. The van der Waals surface area contributed by atoms with E-state index in [0.717, 1.165) is 33.1 Å².